The van der Waals surface area contributed by atoms with Crippen LogP contribution in [-0.4, -0.2) is 30.0 Å². The van der Waals surface area contributed by atoms with Crippen molar-refractivity contribution in [1.82, 2.24) is 9.88 Å². The Morgan fingerprint density at radius 1 is 1.35 bits per heavy atom. The summed E-state index contributed by atoms with van der Waals surface area (Å²) in [6, 6.07) is 3.30. The second-order valence-electron chi connectivity index (χ2n) is 5.35. The number of fused-ring (bicyclic) bond motifs is 2. The third-order valence-electron chi connectivity index (χ3n) is 3.80. The van der Waals surface area contributed by atoms with Crippen LogP contribution in [0.3, 0.4) is 0 Å². The largest absolute Gasteiger partial charge is 0.305 e. The lowest BCUT2D eigenvalue weighted by Crippen LogP contribution is -2.39. The molecule has 2 aliphatic rings. The first-order valence-corrected chi connectivity index (χ1v) is 6.22. The van der Waals surface area contributed by atoms with E-state index >= 15 is 0 Å². The molecule has 1 aliphatic heterocycles. The van der Waals surface area contributed by atoms with Gasteiger partial charge in [0.2, 0.25) is 5.95 Å². The predicted octanol–water partition coefficient (Wildman–Crippen LogP) is 2.58. The number of nitrogens with zero attached hydrogens (tertiary/aromatic N) is 2. The Bertz CT molecular complexity index is 438. The number of allylic oxidation sites excluding steroid dienone is 1. The van der Waals surface area contributed by atoms with Crippen molar-refractivity contribution in [1.29, 1.82) is 0 Å². The first-order valence-electron chi connectivity index (χ1n) is 6.22. The van der Waals surface area contributed by atoms with E-state index in [0.717, 1.165) is 24.4 Å². The van der Waals surface area contributed by atoms with Gasteiger partial charge in [-0.1, -0.05) is 6.08 Å². The summed E-state index contributed by atoms with van der Waals surface area (Å²) in [5.74, 6) is 1.02. The number of piperidine rings is 1. The van der Waals surface area contributed by atoms with Crippen molar-refractivity contribution in [2.75, 3.05) is 20.1 Å². The highest BCUT2D eigenvalue weighted by Crippen LogP contribution is 2.37. The molecule has 1 fully saturated rings. The molecular formula is C14H17FN2. The number of hydrogen-bond acceptors (Lipinski definition) is 2. The first-order chi connectivity index (χ1) is 8.20. The van der Waals surface area contributed by atoms with Crippen LogP contribution < -0.4 is 0 Å². The minimum atomic E-state index is -0.398. The van der Waals surface area contributed by atoms with Gasteiger partial charge in [0.15, 0.2) is 0 Å². The van der Waals surface area contributed by atoms with Crippen LogP contribution in [0.25, 0.3) is 5.57 Å². The van der Waals surface area contributed by atoms with Crippen LogP contribution in [0.2, 0.25) is 0 Å². The molecule has 3 rings (SSSR count). The molecule has 1 aromatic rings. The smallest absolute Gasteiger partial charge is 0.212 e. The summed E-state index contributed by atoms with van der Waals surface area (Å²) in [5, 5.41) is 0. The SMILES string of the molecule is CN1C[C@H]2C=C(c3ccc(F)nc3)C[C@H](C2)C1. The molecular weight excluding hydrogens is 215 g/mol. The van der Waals surface area contributed by atoms with Gasteiger partial charge in [0, 0.05) is 19.3 Å². The lowest BCUT2D eigenvalue weighted by Gasteiger charge is -2.38. The zero-order valence-corrected chi connectivity index (χ0v) is 10.1. The van der Waals surface area contributed by atoms with Crippen LogP contribution in [0, 0.1) is 17.8 Å². The van der Waals surface area contributed by atoms with E-state index in [9.17, 15) is 4.39 Å². The molecule has 0 amide bonds. The van der Waals surface area contributed by atoms with Crippen LogP contribution in [0.5, 0.6) is 0 Å². The molecule has 2 nitrogen and oxygen atoms in total. The van der Waals surface area contributed by atoms with E-state index in [2.05, 4.69) is 23.0 Å². The number of likely N-dealkylation sites (tertiary alicyclic amines) is 1. The summed E-state index contributed by atoms with van der Waals surface area (Å²) in [7, 11) is 2.19. The Labute approximate surface area is 101 Å². The topological polar surface area (TPSA) is 16.1 Å². The number of pyridine rings is 1. The molecule has 1 saturated heterocycles. The van der Waals surface area contributed by atoms with Crippen molar-refractivity contribution >= 4 is 5.57 Å². The van der Waals surface area contributed by atoms with E-state index in [1.165, 1.54) is 24.6 Å². The molecule has 0 aromatic carbocycles. The number of aromatic nitrogens is 1. The summed E-state index contributed by atoms with van der Waals surface area (Å²) in [4.78, 5) is 6.16. The molecule has 1 aromatic heterocycles. The van der Waals surface area contributed by atoms with Gasteiger partial charge >= 0.3 is 0 Å². The maximum absolute atomic E-state index is 12.8. The average molecular weight is 232 g/mol. The van der Waals surface area contributed by atoms with Gasteiger partial charge in [-0.15, -0.1) is 0 Å². The molecule has 2 atom stereocenters. The van der Waals surface area contributed by atoms with Crippen molar-refractivity contribution in [2.24, 2.45) is 11.8 Å². The van der Waals surface area contributed by atoms with E-state index in [1.807, 2.05) is 6.07 Å². The molecule has 2 bridgehead atoms. The fraction of sp³-hybridized carbons (Fsp3) is 0.500. The van der Waals surface area contributed by atoms with Gasteiger partial charge in [-0.3, -0.25) is 0 Å². The van der Waals surface area contributed by atoms with E-state index in [4.69, 9.17) is 0 Å². The van der Waals surface area contributed by atoms with Crippen molar-refractivity contribution in [3.05, 3.63) is 35.9 Å². The Kier molecular flexibility index (Phi) is 2.71. The molecule has 3 heteroatoms. The third-order valence-corrected chi connectivity index (χ3v) is 3.80. The van der Waals surface area contributed by atoms with Crippen molar-refractivity contribution in [3.63, 3.8) is 0 Å². The normalized spacial score (nSPS) is 28.9. The van der Waals surface area contributed by atoms with E-state index in [-0.39, 0.29) is 0 Å². The maximum atomic E-state index is 12.8. The van der Waals surface area contributed by atoms with Gasteiger partial charge in [-0.2, -0.15) is 4.39 Å². The quantitative estimate of drug-likeness (QED) is 0.692. The zero-order chi connectivity index (χ0) is 11.8. The molecule has 1 aliphatic carbocycles. The van der Waals surface area contributed by atoms with Crippen LogP contribution in [-0.2, 0) is 0 Å². The first kappa shape index (κ1) is 10.9. The third kappa shape index (κ3) is 2.25. The number of hydrogen-bond donors (Lipinski definition) is 0. The van der Waals surface area contributed by atoms with Crippen LogP contribution in [0.15, 0.2) is 24.4 Å². The standard InChI is InChI=1S/C14H17FN2/c1-17-8-10-4-11(9-17)6-13(5-10)12-2-3-14(15)16-7-12/h2-3,5,7,10-11H,4,6,8-9H2,1H3/t10-,11+/m1/s1. The minimum absolute atomic E-state index is 0.398. The summed E-state index contributed by atoms with van der Waals surface area (Å²) in [6.45, 7) is 2.33. The Hall–Kier alpha value is -1.22. The van der Waals surface area contributed by atoms with Gasteiger partial charge < -0.3 is 4.90 Å². The Balaban J connectivity index is 1.87. The fourth-order valence-electron chi connectivity index (χ4n) is 3.20. The number of halogens is 1. The molecule has 0 radical (unpaired) electrons. The molecule has 90 valence electrons. The highest BCUT2D eigenvalue weighted by molar-refractivity contribution is 5.66. The summed E-state index contributed by atoms with van der Waals surface area (Å²) >= 11 is 0. The van der Waals surface area contributed by atoms with Crippen molar-refractivity contribution < 1.29 is 4.39 Å². The second-order valence-corrected chi connectivity index (χ2v) is 5.35. The predicted molar refractivity (Wildman–Crippen MR) is 65.9 cm³/mol. The number of rotatable bonds is 1. The minimum Gasteiger partial charge on any atom is -0.305 e. The summed E-state index contributed by atoms with van der Waals surface area (Å²) in [5.41, 5.74) is 2.44. The van der Waals surface area contributed by atoms with E-state index in [1.54, 1.807) is 6.20 Å². The average Bonchev–Trinajstić information content (AvgIpc) is 2.28. The van der Waals surface area contributed by atoms with E-state index in [0.29, 0.717) is 5.92 Å². The van der Waals surface area contributed by atoms with Crippen LogP contribution in [0.1, 0.15) is 18.4 Å². The van der Waals surface area contributed by atoms with Crippen molar-refractivity contribution in [2.45, 2.75) is 12.8 Å². The summed E-state index contributed by atoms with van der Waals surface area (Å²) in [6.07, 6.45) is 6.43. The highest BCUT2D eigenvalue weighted by Gasteiger charge is 2.29. The molecule has 0 unspecified atom stereocenters. The molecule has 0 spiro atoms. The monoisotopic (exact) mass is 232 g/mol. The van der Waals surface area contributed by atoms with Crippen molar-refractivity contribution in [3.8, 4) is 0 Å². The lowest BCUT2D eigenvalue weighted by atomic mass is 9.77. The van der Waals surface area contributed by atoms with Crippen LogP contribution in [0.4, 0.5) is 4.39 Å². The summed E-state index contributed by atoms with van der Waals surface area (Å²) < 4.78 is 12.8. The molecule has 0 N–H and O–H groups in total. The molecule has 0 saturated carbocycles. The van der Waals surface area contributed by atoms with Gasteiger partial charge in [0.1, 0.15) is 0 Å². The van der Waals surface area contributed by atoms with Gasteiger partial charge in [-0.05, 0) is 55.0 Å². The fourth-order valence-corrected chi connectivity index (χ4v) is 3.20. The maximum Gasteiger partial charge on any atom is 0.212 e. The second kappa shape index (κ2) is 4.22. The van der Waals surface area contributed by atoms with Gasteiger partial charge in [0.25, 0.3) is 0 Å². The Morgan fingerprint density at radius 2 is 2.24 bits per heavy atom. The van der Waals surface area contributed by atoms with Gasteiger partial charge in [-0.25, -0.2) is 4.98 Å². The Morgan fingerprint density at radius 3 is 2.94 bits per heavy atom. The molecule has 2 heterocycles. The van der Waals surface area contributed by atoms with Crippen LogP contribution >= 0.6 is 0 Å². The van der Waals surface area contributed by atoms with E-state index < -0.39 is 5.95 Å². The van der Waals surface area contributed by atoms with Gasteiger partial charge in [0.05, 0.1) is 0 Å². The highest BCUT2D eigenvalue weighted by atomic mass is 19.1. The lowest BCUT2D eigenvalue weighted by molar-refractivity contribution is 0.170. The zero-order valence-electron chi connectivity index (χ0n) is 10.1. The molecule has 17 heavy (non-hydrogen) atoms.